The van der Waals surface area contributed by atoms with Crippen molar-refractivity contribution in [2.45, 2.75) is 32.2 Å². The molecule has 3 N–H and O–H groups in total. The maximum Gasteiger partial charge on any atom is 0.231 e. The van der Waals surface area contributed by atoms with E-state index in [2.05, 4.69) is 20.4 Å². The molecule has 110 valence electrons. The summed E-state index contributed by atoms with van der Waals surface area (Å²) < 4.78 is 1.56. The average Bonchev–Trinajstić information content (AvgIpc) is 3.12. The number of nitrogens with zero attached hydrogens (tertiary/aromatic N) is 4. The van der Waals surface area contributed by atoms with Crippen molar-refractivity contribution in [3.8, 4) is 5.82 Å². The number of nitrogens with one attached hydrogen (secondary N) is 1. The van der Waals surface area contributed by atoms with Crippen molar-refractivity contribution >= 4 is 11.6 Å². The predicted octanol–water partition coefficient (Wildman–Crippen LogP) is 1.12. The van der Waals surface area contributed by atoms with E-state index < -0.39 is 5.41 Å². The molecule has 0 radical (unpaired) electrons. The van der Waals surface area contributed by atoms with Crippen molar-refractivity contribution in [2.24, 2.45) is 11.1 Å². The Bertz CT molecular complexity index is 623. The molecular formula is C14H18N6O. The van der Waals surface area contributed by atoms with E-state index in [1.807, 2.05) is 6.92 Å². The first-order chi connectivity index (χ1) is 10.1. The number of aromatic nitrogens is 4. The van der Waals surface area contributed by atoms with E-state index >= 15 is 0 Å². The fourth-order valence-corrected chi connectivity index (χ4v) is 2.67. The summed E-state index contributed by atoms with van der Waals surface area (Å²) in [4.78, 5) is 20.5. The second kappa shape index (κ2) is 5.25. The van der Waals surface area contributed by atoms with E-state index in [0.717, 1.165) is 19.3 Å². The lowest BCUT2D eigenvalue weighted by molar-refractivity contribution is -0.125. The first kappa shape index (κ1) is 13.7. The molecule has 2 heterocycles. The molecule has 0 aromatic carbocycles. The van der Waals surface area contributed by atoms with Crippen molar-refractivity contribution in [2.75, 3.05) is 5.32 Å². The molecule has 1 aliphatic rings. The van der Waals surface area contributed by atoms with E-state index in [1.54, 1.807) is 29.3 Å². The van der Waals surface area contributed by atoms with Crippen molar-refractivity contribution in [1.82, 2.24) is 19.7 Å². The number of rotatable bonds is 3. The zero-order valence-corrected chi connectivity index (χ0v) is 11.9. The number of pyridine rings is 1. The van der Waals surface area contributed by atoms with Crippen LogP contribution in [0.15, 0.2) is 31.0 Å². The minimum atomic E-state index is -0.495. The van der Waals surface area contributed by atoms with Gasteiger partial charge in [-0.15, -0.1) is 0 Å². The van der Waals surface area contributed by atoms with E-state index in [1.165, 1.54) is 6.33 Å². The van der Waals surface area contributed by atoms with Crippen LogP contribution in [-0.4, -0.2) is 31.7 Å². The van der Waals surface area contributed by atoms with E-state index in [9.17, 15) is 4.79 Å². The monoisotopic (exact) mass is 286 g/mol. The molecule has 3 rings (SSSR count). The lowest BCUT2D eigenvalue weighted by Crippen LogP contribution is -2.44. The van der Waals surface area contributed by atoms with Crippen molar-refractivity contribution in [3.05, 3.63) is 31.0 Å². The third kappa shape index (κ3) is 2.52. The molecule has 2 aromatic rings. The number of carbonyl (C=O) groups is 1. The van der Waals surface area contributed by atoms with Gasteiger partial charge in [-0.3, -0.25) is 4.79 Å². The Morgan fingerprint density at radius 2 is 2.38 bits per heavy atom. The van der Waals surface area contributed by atoms with Crippen LogP contribution in [0, 0.1) is 5.41 Å². The van der Waals surface area contributed by atoms with Gasteiger partial charge in [-0.25, -0.2) is 14.6 Å². The third-order valence-electron chi connectivity index (χ3n) is 4.21. The van der Waals surface area contributed by atoms with Gasteiger partial charge in [0.15, 0.2) is 5.82 Å². The zero-order chi connectivity index (χ0) is 14.9. The standard InChI is InChI=1S/C14H18N6O/c1-14(6-2-3-11(14)15)13(21)19-10-4-5-12(17-7-10)20-9-16-8-18-20/h4-5,7-9,11H,2-3,6,15H2,1H3,(H,19,21). The largest absolute Gasteiger partial charge is 0.327 e. The van der Waals surface area contributed by atoms with Crippen molar-refractivity contribution < 1.29 is 4.79 Å². The summed E-state index contributed by atoms with van der Waals surface area (Å²) in [7, 11) is 0. The van der Waals surface area contributed by atoms with Gasteiger partial charge < -0.3 is 11.1 Å². The molecule has 0 spiro atoms. The molecule has 1 fully saturated rings. The molecule has 7 nitrogen and oxygen atoms in total. The van der Waals surface area contributed by atoms with Crippen LogP contribution in [0.2, 0.25) is 0 Å². The third-order valence-corrected chi connectivity index (χ3v) is 4.21. The van der Waals surface area contributed by atoms with Crippen LogP contribution >= 0.6 is 0 Å². The number of hydrogen-bond donors (Lipinski definition) is 2. The summed E-state index contributed by atoms with van der Waals surface area (Å²) in [6, 6.07) is 3.49. The molecule has 1 aliphatic carbocycles. The highest BCUT2D eigenvalue weighted by molar-refractivity contribution is 5.95. The van der Waals surface area contributed by atoms with Crippen LogP contribution in [0.5, 0.6) is 0 Å². The molecule has 7 heteroatoms. The molecule has 2 unspecified atom stereocenters. The summed E-state index contributed by atoms with van der Waals surface area (Å²) in [6.45, 7) is 1.93. The maximum absolute atomic E-state index is 12.4. The Morgan fingerprint density at radius 3 is 2.95 bits per heavy atom. The first-order valence-electron chi connectivity index (χ1n) is 6.98. The number of carbonyl (C=O) groups excluding carboxylic acids is 1. The molecule has 21 heavy (non-hydrogen) atoms. The second-order valence-electron chi connectivity index (χ2n) is 5.62. The molecule has 0 saturated heterocycles. The second-order valence-corrected chi connectivity index (χ2v) is 5.62. The van der Waals surface area contributed by atoms with E-state index in [4.69, 9.17) is 5.73 Å². The van der Waals surface area contributed by atoms with Gasteiger partial charge >= 0.3 is 0 Å². The summed E-state index contributed by atoms with van der Waals surface area (Å²) in [6.07, 6.45) is 7.34. The van der Waals surface area contributed by atoms with Gasteiger partial charge in [0.25, 0.3) is 0 Å². The highest BCUT2D eigenvalue weighted by atomic mass is 16.2. The summed E-state index contributed by atoms with van der Waals surface area (Å²) in [5.74, 6) is 0.608. The van der Waals surface area contributed by atoms with Gasteiger partial charge in [0.05, 0.1) is 17.3 Å². The highest BCUT2D eigenvalue weighted by Gasteiger charge is 2.42. The van der Waals surface area contributed by atoms with Gasteiger partial charge in [0.2, 0.25) is 5.91 Å². The molecule has 0 aliphatic heterocycles. The molecule has 2 aromatic heterocycles. The van der Waals surface area contributed by atoms with Crippen LogP contribution in [-0.2, 0) is 4.79 Å². The molecule has 0 bridgehead atoms. The molecular weight excluding hydrogens is 268 g/mol. The van der Waals surface area contributed by atoms with Crippen molar-refractivity contribution in [1.29, 1.82) is 0 Å². The minimum Gasteiger partial charge on any atom is -0.327 e. The van der Waals surface area contributed by atoms with E-state index in [0.29, 0.717) is 11.5 Å². The Balaban J connectivity index is 1.72. The number of nitrogens with two attached hydrogens (primary N) is 1. The molecule has 1 amide bonds. The lowest BCUT2D eigenvalue weighted by Gasteiger charge is -2.27. The van der Waals surface area contributed by atoms with Crippen LogP contribution in [0.25, 0.3) is 5.82 Å². The normalized spacial score (nSPS) is 25.0. The fourth-order valence-electron chi connectivity index (χ4n) is 2.67. The van der Waals surface area contributed by atoms with Gasteiger partial charge in [-0.2, -0.15) is 5.10 Å². The Labute approximate surface area is 122 Å². The van der Waals surface area contributed by atoms with Gasteiger partial charge in [0.1, 0.15) is 12.7 Å². The van der Waals surface area contributed by atoms with Gasteiger partial charge in [-0.1, -0.05) is 6.42 Å². The Morgan fingerprint density at radius 1 is 1.52 bits per heavy atom. The number of hydrogen-bond acceptors (Lipinski definition) is 5. The van der Waals surface area contributed by atoms with E-state index in [-0.39, 0.29) is 11.9 Å². The lowest BCUT2D eigenvalue weighted by atomic mass is 9.84. The Hall–Kier alpha value is -2.28. The summed E-state index contributed by atoms with van der Waals surface area (Å²) >= 11 is 0. The summed E-state index contributed by atoms with van der Waals surface area (Å²) in [5.41, 5.74) is 6.22. The summed E-state index contributed by atoms with van der Waals surface area (Å²) in [5, 5.41) is 6.90. The first-order valence-corrected chi connectivity index (χ1v) is 6.98. The Kier molecular flexibility index (Phi) is 3.42. The predicted molar refractivity (Wildman–Crippen MR) is 77.7 cm³/mol. The number of amides is 1. The van der Waals surface area contributed by atoms with Crippen molar-refractivity contribution in [3.63, 3.8) is 0 Å². The van der Waals surface area contributed by atoms with Crippen LogP contribution in [0.3, 0.4) is 0 Å². The van der Waals surface area contributed by atoms with Gasteiger partial charge in [0, 0.05) is 6.04 Å². The molecule has 1 saturated carbocycles. The topological polar surface area (TPSA) is 98.7 Å². The fraction of sp³-hybridized carbons (Fsp3) is 0.429. The van der Waals surface area contributed by atoms with Gasteiger partial charge in [-0.05, 0) is 31.9 Å². The maximum atomic E-state index is 12.4. The molecule has 2 atom stereocenters. The number of anilines is 1. The smallest absolute Gasteiger partial charge is 0.231 e. The zero-order valence-electron chi connectivity index (χ0n) is 11.9. The van der Waals surface area contributed by atoms with Crippen LogP contribution in [0.4, 0.5) is 5.69 Å². The average molecular weight is 286 g/mol. The quantitative estimate of drug-likeness (QED) is 0.881. The highest BCUT2D eigenvalue weighted by Crippen LogP contribution is 2.37. The van der Waals surface area contributed by atoms with Crippen LogP contribution in [0.1, 0.15) is 26.2 Å². The SMILES string of the molecule is CC1(C(=O)Nc2ccc(-n3cncn3)nc2)CCCC1N. The van der Waals surface area contributed by atoms with Crippen LogP contribution < -0.4 is 11.1 Å². The minimum absolute atomic E-state index is 0.0391.